The number of likely N-dealkylation sites (tertiary alicyclic amines) is 1. The number of carbonyl (C=O) groups excluding carboxylic acids is 2. The average Bonchev–Trinajstić information content (AvgIpc) is 2.48. The third-order valence-electron chi connectivity index (χ3n) is 3.46. The molecule has 0 atom stereocenters. The minimum atomic E-state index is -0.227. The lowest BCUT2D eigenvalue weighted by molar-refractivity contribution is -0.136. The highest BCUT2D eigenvalue weighted by Gasteiger charge is 2.24. The number of rotatable bonds is 4. The number of carbonyl (C=O) groups is 2. The molecule has 0 aliphatic carbocycles. The van der Waals surface area contributed by atoms with Gasteiger partial charge in [-0.25, -0.2) is 0 Å². The van der Waals surface area contributed by atoms with E-state index in [1.807, 2.05) is 0 Å². The number of halogens is 1. The van der Waals surface area contributed by atoms with Crippen molar-refractivity contribution in [2.75, 3.05) is 26.8 Å². The summed E-state index contributed by atoms with van der Waals surface area (Å²) in [6, 6.07) is 1.63. The predicted octanol–water partition coefficient (Wildman–Crippen LogP) is 1.10. The third kappa shape index (κ3) is 4.15. The van der Waals surface area contributed by atoms with Crippen LogP contribution in [0.1, 0.15) is 23.2 Å². The molecule has 0 saturated carbocycles. The van der Waals surface area contributed by atoms with Crippen molar-refractivity contribution in [2.45, 2.75) is 18.9 Å². The van der Waals surface area contributed by atoms with Crippen LogP contribution in [0.5, 0.6) is 0 Å². The van der Waals surface area contributed by atoms with Crippen molar-refractivity contribution in [1.29, 1.82) is 0 Å². The molecule has 1 saturated heterocycles. The summed E-state index contributed by atoms with van der Waals surface area (Å²) in [5.41, 5.74) is 0.372. The molecule has 7 heteroatoms. The van der Waals surface area contributed by atoms with E-state index in [1.165, 1.54) is 13.3 Å². The molecule has 0 unspecified atom stereocenters. The van der Waals surface area contributed by atoms with E-state index in [4.69, 9.17) is 16.3 Å². The molecule has 1 aliphatic heterocycles. The molecule has 1 N–H and O–H groups in total. The molecule has 1 aromatic rings. The highest BCUT2D eigenvalue weighted by atomic mass is 35.5. The summed E-state index contributed by atoms with van der Waals surface area (Å²) in [6.07, 6.45) is 4.44. The van der Waals surface area contributed by atoms with Crippen molar-refractivity contribution < 1.29 is 14.3 Å². The Labute approximate surface area is 128 Å². The number of methoxy groups -OCH3 is 1. The number of hydrogen-bond acceptors (Lipinski definition) is 4. The standard InChI is InChI=1S/C14H18ClN3O3/c1-21-9-13(19)18-6-3-10(4-7-18)17-14(20)11-8-16-5-2-12(11)15/h2,5,8,10H,3-4,6-7,9H2,1H3,(H,17,20). The Hall–Kier alpha value is -1.66. The van der Waals surface area contributed by atoms with Gasteiger partial charge in [0.15, 0.2) is 0 Å². The lowest BCUT2D eigenvalue weighted by atomic mass is 10.0. The van der Waals surface area contributed by atoms with Gasteiger partial charge in [-0.05, 0) is 18.9 Å². The second-order valence-corrected chi connectivity index (χ2v) is 5.32. The number of nitrogens with zero attached hydrogens (tertiary/aromatic N) is 2. The first-order valence-electron chi connectivity index (χ1n) is 6.79. The van der Waals surface area contributed by atoms with Gasteiger partial charge in [0.05, 0.1) is 10.6 Å². The van der Waals surface area contributed by atoms with E-state index >= 15 is 0 Å². The maximum absolute atomic E-state index is 12.1. The van der Waals surface area contributed by atoms with E-state index in [-0.39, 0.29) is 24.5 Å². The Bertz CT molecular complexity index is 516. The first-order valence-corrected chi connectivity index (χ1v) is 7.16. The lowest BCUT2D eigenvalue weighted by Crippen LogP contribution is -2.47. The highest BCUT2D eigenvalue weighted by molar-refractivity contribution is 6.33. The summed E-state index contributed by atoms with van der Waals surface area (Å²) in [5.74, 6) is -0.243. The summed E-state index contributed by atoms with van der Waals surface area (Å²) in [7, 11) is 1.50. The topological polar surface area (TPSA) is 71.5 Å². The maximum atomic E-state index is 12.1. The SMILES string of the molecule is COCC(=O)N1CCC(NC(=O)c2cnccc2Cl)CC1. The lowest BCUT2D eigenvalue weighted by Gasteiger charge is -2.32. The van der Waals surface area contributed by atoms with Crippen LogP contribution in [-0.2, 0) is 9.53 Å². The molecule has 114 valence electrons. The van der Waals surface area contributed by atoms with Crippen LogP contribution in [0.2, 0.25) is 5.02 Å². The minimum Gasteiger partial charge on any atom is -0.375 e. The molecule has 1 aromatic heterocycles. The van der Waals surface area contributed by atoms with Gasteiger partial charge in [-0.1, -0.05) is 11.6 Å². The van der Waals surface area contributed by atoms with Crippen molar-refractivity contribution in [3.8, 4) is 0 Å². The molecule has 1 fully saturated rings. The first kappa shape index (κ1) is 15.7. The zero-order valence-electron chi connectivity index (χ0n) is 11.8. The van der Waals surface area contributed by atoms with Gasteiger partial charge >= 0.3 is 0 Å². The van der Waals surface area contributed by atoms with Crippen LogP contribution < -0.4 is 5.32 Å². The minimum absolute atomic E-state index is 0.0161. The molecule has 0 aromatic carbocycles. The zero-order valence-corrected chi connectivity index (χ0v) is 12.6. The van der Waals surface area contributed by atoms with Crippen molar-refractivity contribution in [1.82, 2.24) is 15.2 Å². The van der Waals surface area contributed by atoms with Crippen LogP contribution in [-0.4, -0.2) is 54.5 Å². The predicted molar refractivity (Wildman–Crippen MR) is 78.2 cm³/mol. The molecule has 2 heterocycles. The number of pyridine rings is 1. The molecular formula is C14H18ClN3O3. The number of amides is 2. The number of nitrogens with one attached hydrogen (secondary N) is 1. The number of ether oxygens (including phenoxy) is 1. The van der Waals surface area contributed by atoms with Gasteiger partial charge in [-0.15, -0.1) is 0 Å². The maximum Gasteiger partial charge on any atom is 0.254 e. The van der Waals surface area contributed by atoms with Crippen LogP contribution >= 0.6 is 11.6 Å². The molecule has 0 radical (unpaired) electrons. The number of hydrogen-bond donors (Lipinski definition) is 1. The molecule has 1 aliphatic rings. The summed E-state index contributed by atoms with van der Waals surface area (Å²) in [5, 5.41) is 3.32. The van der Waals surface area contributed by atoms with E-state index in [2.05, 4.69) is 10.3 Å². The van der Waals surface area contributed by atoms with E-state index in [1.54, 1.807) is 17.2 Å². The van der Waals surface area contributed by atoms with Gasteiger partial charge in [-0.3, -0.25) is 14.6 Å². The fourth-order valence-electron chi connectivity index (χ4n) is 2.30. The van der Waals surface area contributed by atoms with Gasteiger partial charge in [-0.2, -0.15) is 0 Å². The molecule has 21 heavy (non-hydrogen) atoms. The van der Waals surface area contributed by atoms with Crippen molar-refractivity contribution in [3.05, 3.63) is 29.0 Å². The van der Waals surface area contributed by atoms with E-state index in [0.29, 0.717) is 23.7 Å². The largest absolute Gasteiger partial charge is 0.375 e. The Balaban J connectivity index is 1.85. The molecule has 2 amide bonds. The Morgan fingerprint density at radius 3 is 2.81 bits per heavy atom. The van der Waals surface area contributed by atoms with Gasteiger partial charge in [0.1, 0.15) is 6.61 Å². The smallest absolute Gasteiger partial charge is 0.254 e. The average molecular weight is 312 g/mol. The van der Waals surface area contributed by atoms with Crippen LogP contribution in [0.3, 0.4) is 0 Å². The van der Waals surface area contributed by atoms with Gasteiger partial charge in [0.2, 0.25) is 5.91 Å². The molecule has 0 spiro atoms. The molecule has 2 rings (SSSR count). The second kappa shape index (κ2) is 7.38. The normalized spacial score (nSPS) is 15.8. The van der Waals surface area contributed by atoms with Crippen molar-refractivity contribution in [2.24, 2.45) is 0 Å². The fraction of sp³-hybridized carbons (Fsp3) is 0.500. The number of aromatic nitrogens is 1. The molecular weight excluding hydrogens is 294 g/mol. The molecule has 6 nitrogen and oxygen atoms in total. The third-order valence-corrected chi connectivity index (χ3v) is 3.79. The van der Waals surface area contributed by atoms with Gasteiger partial charge in [0, 0.05) is 38.6 Å². The van der Waals surface area contributed by atoms with E-state index in [9.17, 15) is 9.59 Å². The Morgan fingerprint density at radius 2 is 2.19 bits per heavy atom. The quantitative estimate of drug-likeness (QED) is 0.904. The summed E-state index contributed by atoms with van der Waals surface area (Å²) < 4.78 is 4.84. The summed E-state index contributed by atoms with van der Waals surface area (Å²) >= 11 is 5.97. The zero-order chi connectivity index (χ0) is 15.2. The number of piperidine rings is 1. The second-order valence-electron chi connectivity index (χ2n) is 4.92. The van der Waals surface area contributed by atoms with Crippen molar-refractivity contribution >= 4 is 23.4 Å². The Morgan fingerprint density at radius 1 is 1.48 bits per heavy atom. The monoisotopic (exact) mass is 311 g/mol. The van der Waals surface area contributed by atoms with Crippen LogP contribution in [0.4, 0.5) is 0 Å². The van der Waals surface area contributed by atoms with Crippen LogP contribution in [0.15, 0.2) is 18.5 Å². The Kier molecular flexibility index (Phi) is 5.52. The van der Waals surface area contributed by atoms with Crippen molar-refractivity contribution in [3.63, 3.8) is 0 Å². The fourth-order valence-corrected chi connectivity index (χ4v) is 2.49. The van der Waals surface area contributed by atoms with Gasteiger partial charge in [0.25, 0.3) is 5.91 Å². The first-order chi connectivity index (χ1) is 10.1. The van der Waals surface area contributed by atoms with Crippen LogP contribution in [0, 0.1) is 0 Å². The highest BCUT2D eigenvalue weighted by Crippen LogP contribution is 2.15. The van der Waals surface area contributed by atoms with Gasteiger partial charge < -0.3 is 15.0 Å². The van der Waals surface area contributed by atoms with E-state index < -0.39 is 0 Å². The molecule has 0 bridgehead atoms. The summed E-state index contributed by atoms with van der Waals surface area (Å²) in [4.78, 5) is 29.5. The summed E-state index contributed by atoms with van der Waals surface area (Å²) in [6.45, 7) is 1.34. The van der Waals surface area contributed by atoms with E-state index in [0.717, 1.165) is 12.8 Å². The van der Waals surface area contributed by atoms with Crippen LogP contribution in [0.25, 0.3) is 0 Å².